The average molecular weight is 479 g/mol. The first-order valence-corrected chi connectivity index (χ1v) is 11.1. The number of benzene rings is 1. The Hall–Kier alpha value is -2.52. The van der Waals surface area contributed by atoms with Crippen LogP contribution in [0, 0.1) is 17.6 Å². The minimum Gasteiger partial charge on any atom is -0.378 e. The molecule has 6 nitrogen and oxygen atoms in total. The Morgan fingerprint density at radius 3 is 2.66 bits per heavy atom. The van der Waals surface area contributed by atoms with Crippen LogP contribution < -0.4 is 5.73 Å². The third-order valence-electron chi connectivity index (χ3n) is 6.00. The molecule has 0 radical (unpaired) electrons. The van der Waals surface area contributed by atoms with Gasteiger partial charge in [0.15, 0.2) is 22.6 Å². The van der Waals surface area contributed by atoms with E-state index in [-0.39, 0.29) is 46.0 Å². The largest absolute Gasteiger partial charge is 0.378 e. The van der Waals surface area contributed by atoms with Crippen molar-refractivity contribution in [2.75, 3.05) is 14.1 Å². The van der Waals surface area contributed by atoms with Crippen molar-refractivity contribution in [1.29, 1.82) is 0 Å². The third kappa shape index (κ3) is 3.67. The Morgan fingerprint density at radius 2 is 2.03 bits per heavy atom. The Bertz CT molecular complexity index is 1160. The van der Waals surface area contributed by atoms with Crippen LogP contribution in [0.4, 0.5) is 8.78 Å². The van der Waals surface area contributed by atoms with Crippen LogP contribution in [0.25, 0.3) is 0 Å². The highest BCUT2D eigenvalue weighted by Crippen LogP contribution is 2.66. The molecule has 1 aromatic heterocycles. The van der Waals surface area contributed by atoms with Crippen LogP contribution >= 0.6 is 23.4 Å². The quantitative estimate of drug-likeness (QED) is 0.664. The third-order valence-corrected chi connectivity index (χ3v) is 7.51. The van der Waals surface area contributed by atoms with Crippen molar-refractivity contribution in [1.82, 2.24) is 9.88 Å². The molecule has 168 valence electrons. The molecule has 0 unspecified atom stereocenters. The van der Waals surface area contributed by atoms with E-state index in [2.05, 4.69) is 9.98 Å². The van der Waals surface area contributed by atoms with Crippen LogP contribution in [0.15, 0.2) is 35.5 Å². The van der Waals surface area contributed by atoms with E-state index in [1.165, 1.54) is 41.1 Å². The number of nitrogens with two attached hydrogens (primary N) is 1. The van der Waals surface area contributed by atoms with E-state index in [1.54, 1.807) is 21.0 Å². The van der Waals surface area contributed by atoms with Crippen LogP contribution in [0.5, 0.6) is 0 Å². The molecule has 2 heterocycles. The van der Waals surface area contributed by atoms with Gasteiger partial charge in [0, 0.05) is 38.2 Å². The number of pyridine rings is 1. The number of amides is 1. The Balaban J connectivity index is 1.72. The standard InChI is InChI=1S/C22H21ClF2N4O2S/c1-21(17-9-22(17,19(31)29(2)3)32-20(26)28-21)13-6-11(7-14(24)18(13)25)8-16(30)15-5-4-12(23)10-27-15/h4-7,10,17H,8-9H2,1-3H3,(H2,26,28)/t17-,21+,22-/m0/s1. The number of fused-ring (bicyclic) bond motifs is 1. The number of Topliss-reactive ketones (excluding diaryl/α,β-unsaturated/α-hetero) is 1. The number of rotatable bonds is 5. The molecule has 2 N–H and O–H groups in total. The molecular weight excluding hydrogens is 458 g/mol. The maximum atomic E-state index is 15.0. The molecule has 1 amide bonds. The topological polar surface area (TPSA) is 88.7 Å². The van der Waals surface area contributed by atoms with E-state index in [1.807, 2.05) is 0 Å². The highest BCUT2D eigenvalue weighted by molar-refractivity contribution is 8.15. The van der Waals surface area contributed by atoms with Gasteiger partial charge in [-0.15, -0.1) is 0 Å². The van der Waals surface area contributed by atoms with Gasteiger partial charge in [-0.25, -0.2) is 8.78 Å². The van der Waals surface area contributed by atoms with E-state index >= 15 is 4.39 Å². The highest BCUT2D eigenvalue weighted by Gasteiger charge is 2.71. The zero-order valence-corrected chi connectivity index (χ0v) is 19.2. The average Bonchev–Trinajstić information content (AvgIpc) is 3.46. The first-order chi connectivity index (χ1) is 15.0. The fourth-order valence-corrected chi connectivity index (χ4v) is 5.98. The van der Waals surface area contributed by atoms with Gasteiger partial charge in [-0.1, -0.05) is 23.4 Å². The van der Waals surface area contributed by atoms with Crippen molar-refractivity contribution < 1.29 is 18.4 Å². The van der Waals surface area contributed by atoms with Crippen molar-refractivity contribution in [2.45, 2.75) is 30.1 Å². The van der Waals surface area contributed by atoms with Crippen molar-refractivity contribution in [2.24, 2.45) is 16.6 Å². The normalized spacial score (nSPS) is 26.2. The van der Waals surface area contributed by atoms with Gasteiger partial charge in [-0.05, 0) is 43.2 Å². The zero-order chi connectivity index (χ0) is 23.4. The van der Waals surface area contributed by atoms with Gasteiger partial charge in [0.05, 0.1) is 10.6 Å². The van der Waals surface area contributed by atoms with E-state index in [0.29, 0.717) is 11.4 Å². The van der Waals surface area contributed by atoms with Crippen molar-refractivity contribution in [3.05, 3.63) is 63.9 Å². The van der Waals surface area contributed by atoms with Gasteiger partial charge in [0.25, 0.3) is 0 Å². The number of ketones is 1. The number of carbonyl (C=O) groups excluding carboxylic acids is 2. The Morgan fingerprint density at radius 1 is 1.31 bits per heavy atom. The Kier molecular flexibility index (Phi) is 5.53. The van der Waals surface area contributed by atoms with Gasteiger partial charge < -0.3 is 10.6 Å². The molecule has 1 saturated carbocycles. The molecule has 1 aromatic carbocycles. The lowest BCUT2D eigenvalue weighted by atomic mass is 9.84. The minimum absolute atomic E-state index is 0.0222. The van der Waals surface area contributed by atoms with Crippen molar-refractivity contribution >= 4 is 40.2 Å². The lowest BCUT2D eigenvalue weighted by Crippen LogP contribution is -2.43. The van der Waals surface area contributed by atoms with Crippen LogP contribution in [-0.4, -0.2) is 45.6 Å². The number of carbonyl (C=O) groups is 2. The first-order valence-electron chi connectivity index (χ1n) is 9.87. The predicted molar refractivity (Wildman–Crippen MR) is 120 cm³/mol. The molecule has 2 aromatic rings. The summed E-state index contributed by atoms with van der Waals surface area (Å²) < 4.78 is 28.8. The molecular formula is C22H21ClF2N4O2S. The smallest absolute Gasteiger partial charge is 0.239 e. The van der Waals surface area contributed by atoms with Gasteiger partial charge in [-0.2, -0.15) is 0 Å². The number of halogens is 3. The summed E-state index contributed by atoms with van der Waals surface area (Å²) in [4.78, 5) is 35.3. The second kappa shape index (κ2) is 7.81. The fraction of sp³-hybridized carbons (Fsp3) is 0.364. The molecule has 10 heteroatoms. The van der Waals surface area contributed by atoms with Gasteiger partial charge in [-0.3, -0.25) is 19.6 Å². The Labute approximate surface area is 193 Å². The molecule has 0 saturated heterocycles. The molecule has 32 heavy (non-hydrogen) atoms. The first kappa shape index (κ1) is 22.7. The molecule has 0 bridgehead atoms. The predicted octanol–water partition coefficient (Wildman–Crippen LogP) is 3.56. The molecule has 1 aliphatic heterocycles. The second-order valence-corrected chi connectivity index (χ2v) is 10.2. The summed E-state index contributed by atoms with van der Waals surface area (Å²) >= 11 is 6.97. The van der Waals surface area contributed by atoms with E-state index < -0.39 is 21.9 Å². The summed E-state index contributed by atoms with van der Waals surface area (Å²) in [6.45, 7) is 1.65. The van der Waals surface area contributed by atoms with Gasteiger partial charge in [0.1, 0.15) is 10.4 Å². The number of nitrogens with zero attached hydrogens (tertiary/aromatic N) is 3. The number of aromatic nitrogens is 1. The molecule has 1 fully saturated rings. The number of hydrogen-bond acceptors (Lipinski definition) is 6. The van der Waals surface area contributed by atoms with Gasteiger partial charge in [0.2, 0.25) is 5.91 Å². The second-order valence-electron chi connectivity index (χ2n) is 8.45. The van der Waals surface area contributed by atoms with Crippen LogP contribution in [0.1, 0.15) is 35.0 Å². The number of amidine groups is 1. The summed E-state index contributed by atoms with van der Waals surface area (Å²) in [6.07, 6.45) is 1.60. The fourth-order valence-electron chi connectivity index (χ4n) is 4.36. The summed E-state index contributed by atoms with van der Waals surface area (Å²) in [5.74, 6) is -3.02. The lowest BCUT2D eigenvalue weighted by Gasteiger charge is -2.34. The number of hydrogen-bond donors (Lipinski definition) is 1. The number of thioether (sulfide) groups is 1. The van der Waals surface area contributed by atoms with Crippen molar-refractivity contribution in [3.63, 3.8) is 0 Å². The SMILES string of the molecule is CN(C)C(=O)[C@]12C[C@H]1[C@@](C)(c1cc(CC(=O)c3ccc(Cl)cn3)cc(F)c1F)N=C(N)S2. The van der Waals surface area contributed by atoms with Crippen molar-refractivity contribution in [3.8, 4) is 0 Å². The molecule has 2 aliphatic rings. The maximum absolute atomic E-state index is 15.0. The summed E-state index contributed by atoms with van der Waals surface area (Å²) in [5, 5.41) is 0.526. The van der Waals surface area contributed by atoms with Crippen LogP contribution in [-0.2, 0) is 16.8 Å². The highest BCUT2D eigenvalue weighted by atomic mass is 35.5. The van der Waals surface area contributed by atoms with Crippen LogP contribution in [0.2, 0.25) is 5.02 Å². The summed E-state index contributed by atoms with van der Waals surface area (Å²) in [6, 6.07) is 5.43. The van der Waals surface area contributed by atoms with E-state index in [0.717, 1.165) is 6.07 Å². The molecule has 0 spiro atoms. The number of aliphatic imine (C=N–C) groups is 1. The van der Waals surface area contributed by atoms with E-state index in [4.69, 9.17) is 17.3 Å². The van der Waals surface area contributed by atoms with Crippen LogP contribution in [0.3, 0.4) is 0 Å². The van der Waals surface area contributed by atoms with Gasteiger partial charge >= 0.3 is 0 Å². The lowest BCUT2D eigenvalue weighted by molar-refractivity contribution is -0.129. The monoisotopic (exact) mass is 478 g/mol. The summed E-state index contributed by atoms with van der Waals surface area (Å²) in [5.41, 5.74) is 5.21. The molecule has 4 rings (SSSR count). The molecule has 3 atom stereocenters. The summed E-state index contributed by atoms with van der Waals surface area (Å²) in [7, 11) is 3.28. The van der Waals surface area contributed by atoms with E-state index in [9.17, 15) is 14.0 Å². The zero-order valence-electron chi connectivity index (χ0n) is 17.7. The molecule has 1 aliphatic carbocycles. The minimum atomic E-state index is -1.25. The maximum Gasteiger partial charge on any atom is 0.239 e.